The van der Waals surface area contributed by atoms with Gasteiger partial charge in [-0.3, -0.25) is 9.59 Å². The molecule has 0 radical (unpaired) electrons. The zero-order valence-corrected chi connectivity index (χ0v) is 9.40. The van der Waals surface area contributed by atoms with E-state index >= 15 is 0 Å². The Bertz CT molecular complexity index is 432. The average molecular weight is 209 g/mol. The molecule has 4 heteroatoms. The molecule has 0 saturated heterocycles. The molecule has 0 saturated carbocycles. The van der Waals surface area contributed by atoms with Crippen molar-refractivity contribution in [3.8, 4) is 5.75 Å². The van der Waals surface area contributed by atoms with Gasteiger partial charge >= 0.3 is 0 Å². The van der Waals surface area contributed by atoms with Gasteiger partial charge in [-0.25, -0.2) is 0 Å². The van der Waals surface area contributed by atoms with Gasteiger partial charge in [-0.1, -0.05) is 13.8 Å². The van der Waals surface area contributed by atoms with E-state index in [1.165, 1.54) is 11.7 Å². The third-order valence-corrected chi connectivity index (χ3v) is 2.38. The Kier molecular flexibility index (Phi) is 3.29. The number of aldehydes is 1. The summed E-state index contributed by atoms with van der Waals surface area (Å²) in [5.41, 5.74) is 0.748. The van der Waals surface area contributed by atoms with E-state index in [0.29, 0.717) is 23.3 Å². The summed E-state index contributed by atoms with van der Waals surface area (Å²) in [5.74, 6) is 0.551. The van der Waals surface area contributed by atoms with Gasteiger partial charge < -0.3 is 9.30 Å². The molecule has 0 aliphatic carbocycles. The highest BCUT2D eigenvalue weighted by Crippen LogP contribution is 2.22. The standard InChI is InChI=1S/C11H15NO3/c1-7(2)10-9(15-4)5-8(6-13)12(3)11(10)14/h5-7H,1-4H3. The molecule has 1 heterocycles. The van der Waals surface area contributed by atoms with Crippen LogP contribution in [0.5, 0.6) is 5.75 Å². The lowest BCUT2D eigenvalue weighted by atomic mass is 10.0. The number of hydrogen-bond acceptors (Lipinski definition) is 3. The van der Waals surface area contributed by atoms with Crippen molar-refractivity contribution < 1.29 is 9.53 Å². The quantitative estimate of drug-likeness (QED) is 0.705. The molecule has 1 aromatic rings. The van der Waals surface area contributed by atoms with Crippen molar-refractivity contribution in [2.24, 2.45) is 7.05 Å². The molecule has 82 valence electrons. The average Bonchev–Trinajstić information content (AvgIpc) is 2.20. The van der Waals surface area contributed by atoms with Crippen molar-refractivity contribution in [3.63, 3.8) is 0 Å². The fourth-order valence-corrected chi connectivity index (χ4v) is 1.53. The maximum Gasteiger partial charge on any atom is 0.258 e. The van der Waals surface area contributed by atoms with Crippen molar-refractivity contribution in [2.45, 2.75) is 19.8 Å². The Balaban J connectivity index is 3.59. The molecule has 0 atom stereocenters. The molecule has 0 aromatic carbocycles. The molecular weight excluding hydrogens is 194 g/mol. The van der Waals surface area contributed by atoms with Crippen molar-refractivity contribution in [3.05, 3.63) is 27.7 Å². The third kappa shape index (κ3) is 1.93. The van der Waals surface area contributed by atoms with Crippen molar-refractivity contribution in [2.75, 3.05) is 7.11 Å². The minimum absolute atomic E-state index is 0.0688. The van der Waals surface area contributed by atoms with E-state index in [1.807, 2.05) is 13.8 Å². The first kappa shape index (κ1) is 11.5. The third-order valence-electron chi connectivity index (χ3n) is 2.38. The molecule has 1 aromatic heterocycles. The normalized spacial score (nSPS) is 10.5. The molecule has 0 aliphatic heterocycles. The number of rotatable bonds is 3. The second-order valence-electron chi connectivity index (χ2n) is 3.69. The molecular formula is C11H15NO3. The van der Waals surface area contributed by atoms with Crippen LogP contribution < -0.4 is 10.3 Å². The van der Waals surface area contributed by atoms with Gasteiger partial charge in [0.05, 0.1) is 18.4 Å². The van der Waals surface area contributed by atoms with Crippen molar-refractivity contribution in [1.29, 1.82) is 0 Å². The van der Waals surface area contributed by atoms with Crippen LogP contribution >= 0.6 is 0 Å². The number of aromatic nitrogens is 1. The second-order valence-corrected chi connectivity index (χ2v) is 3.69. The maximum atomic E-state index is 11.9. The molecule has 4 nitrogen and oxygen atoms in total. The smallest absolute Gasteiger partial charge is 0.258 e. The van der Waals surface area contributed by atoms with E-state index in [2.05, 4.69) is 0 Å². The fraction of sp³-hybridized carbons (Fsp3) is 0.455. The summed E-state index contributed by atoms with van der Waals surface area (Å²) in [6.45, 7) is 3.83. The van der Waals surface area contributed by atoms with Gasteiger partial charge in [0.1, 0.15) is 5.75 Å². The lowest BCUT2D eigenvalue weighted by molar-refractivity contribution is 0.111. The van der Waals surface area contributed by atoms with E-state index in [4.69, 9.17) is 4.74 Å². The van der Waals surface area contributed by atoms with Gasteiger partial charge in [0.15, 0.2) is 6.29 Å². The van der Waals surface area contributed by atoms with Crippen LogP contribution in [0.4, 0.5) is 0 Å². The molecule has 0 amide bonds. The van der Waals surface area contributed by atoms with E-state index in [1.54, 1.807) is 13.1 Å². The van der Waals surface area contributed by atoms with Crippen LogP contribution in [0.15, 0.2) is 10.9 Å². The number of carbonyl (C=O) groups is 1. The predicted octanol–water partition coefficient (Wildman–Crippen LogP) is 1.33. The predicted molar refractivity (Wildman–Crippen MR) is 57.7 cm³/mol. The summed E-state index contributed by atoms with van der Waals surface area (Å²) in [6, 6.07) is 1.59. The van der Waals surface area contributed by atoms with Crippen molar-refractivity contribution in [1.82, 2.24) is 4.57 Å². The van der Waals surface area contributed by atoms with Crippen LogP contribution in [0.25, 0.3) is 0 Å². The SMILES string of the molecule is COc1cc(C=O)n(C)c(=O)c1C(C)C. The molecule has 0 unspecified atom stereocenters. The number of hydrogen-bond donors (Lipinski definition) is 0. The molecule has 15 heavy (non-hydrogen) atoms. The first-order valence-electron chi connectivity index (χ1n) is 4.76. The first-order chi connectivity index (χ1) is 7.02. The lowest BCUT2D eigenvalue weighted by Crippen LogP contribution is -2.25. The number of pyridine rings is 1. The van der Waals surface area contributed by atoms with E-state index in [0.717, 1.165) is 0 Å². The summed E-state index contributed by atoms with van der Waals surface area (Å²) >= 11 is 0. The Morgan fingerprint density at radius 2 is 2.07 bits per heavy atom. The summed E-state index contributed by atoms with van der Waals surface area (Å²) in [5, 5.41) is 0. The van der Waals surface area contributed by atoms with E-state index in [-0.39, 0.29) is 11.5 Å². The van der Waals surface area contributed by atoms with Crippen LogP contribution in [-0.4, -0.2) is 18.0 Å². The molecule has 0 fully saturated rings. The van der Waals surface area contributed by atoms with Gasteiger partial charge in [-0.2, -0.15) is 0 Å². The zero-order chi connectivity index (χ0) is 11.6. The summed E-state index contributed by atoms with van der Waals surface area (Å²) in [7, 11) is 3.08. The zero-order valence-electron chi connectivity index (χ0n) is 9.40. The number of methoxy groups -OCH3 is 1. The highest BCUT2D eigenvalue weighted by Gasteiger charge is 2.15. The minimum Gasteiger partial charge on any atom is -0.496 e. The van der Waals surface area contributed by atoms with Crippen LogP contribution in [0, 0.1) is 0 Å². The Hall–Kier alpha value is -1.58. The summed E-state index contributed by atoms with van der Waals surface area (Å²) < 4.78 is 6.45. The summed E-state index contributed by atoms with van der Waals surface area (Å²) in [4.78, 5) is 22.6. The number of nitrogens with zero attached hydrogens (tertiary/aromatic N) is 1. The summed E-state index contributed by atoms with van der Waals surface area (Å²) in [6.07, 6.45) is 0.647. The number of ether oxygens (including phenoxy) is 1. The topological polar surface area (TPSA) is 48.3 Å². The van der Waals surface area contributed by atoms with Crippen molar-refractivity contribution >= 4 is 6.29 Å². The Morgan fingerprint density at radius 1 is 1.47 bits per heavy atom. The van der Waals surface area contributed by atoms with Gasteiger partial charge in [-0.15, -0.1) is 0 Å². The molecule has 0 spiro atoms. The van der Waals surface area contributed by atoms with E-state index in [9.17, 15) is 9.59 Å². The molecule has 0 N–H and O–H groups in total. The van der Waals surface area contributed by atoms with Crippen LogP contribution in [0.3, 0.4) is 0 Å². The molecule has 0 bridgehead atoms. The fourth-order valence-electron chi connectivity index (χ4n) is 1.53. The molecule has 0 aliphatic rings. The highest BCUT2D eigenvalue weighted by atomic mass is 16.5. The monoisotopic (exact) mass is 209 g/mol. The number of carbonyl (C=O) groups excluding carboxylic acids is 1. The largest absolute Gasteiger partial charge is 0.496 e. The first-order valence-corrected chi connectivity index (χ1v) is 4.76. The Labute approximate surface area is 88.5 Å². The van der Waals surface area contributed by atoms with Gasteiger partial charge in [-0.05, 0) is 5.92 Å². The van der Waals surface area contributed by atoms with E-state index < -0.39 is 0 Å². The van der Waals surface area contributed by atoms with Crippen LogP contribution in [-0.2, 0) is 7.05 Å². The molecule has 1 rings (SSSR count). The second kappa shape index (κ2) is 4.29. The lowest BCUT2D eigenvalue weighted by Gasteiger charge is -2.13. The maximum absolute atomic E-state index is 11.9. The van der Waals surface area contributed by atoms with Gasteiger partial charge in [0, 0.05) is 13.1 Å². The van der Waals surface area contributed by atoms with Gasteiger partial charge in [0.25, 0.3) is 5.56 Å². The highest BCUT2D eigenvalue weighted by molar-refractivity contribution is 5.73. The van der Waals surface area contributed by atoms with Crippen LogP contribution in [0.1, 0.15) is 35.8 Å². The van der Waals surface area contributed by atoms with Gasteiger partial charge in [0.2, 0.25) is 0 Å². The minimum atomic E-state index is -0.175. The van der Waals surface area contributed by atoms with Crippen LogP contribution in [0.2, 0.25) is 0 Å². The Morgan fingerprint density at radius 3 is 2.47 bits per heavy atom.